The average Bonchev–Trinajstić information content (AvgIpc) is 3.15. The number of allylic oxidation sites excluding steroid dienone is 2. The number of H-pyrrole nitrogens is 1. The molecule has 2 N–H and O–H groups in total. The molecule has 1 aromatic carbocycles. The third kappa shape index (κ3) is 3.60. The number of nitrogens with zero attached hydrogens (tertiary/aromatic N) is 1. The fourth-order valence-electron chi connectivity index (χ4n) is 2.65. The van der Waals surface area contributed by atoms with E-state index in [9.17, 15) is 13.6 Å². The van der Waals surface area contributed by atoms with E-state index in [1.54, 1.807) is 30.6 Å². The number of hydrogen-bond donors (Lipinski definition) is 2. The van der Waals surface area contributed by atoms with Gasteiger partial charge in [0.05, 0.1) is 13.3 Å². The molecule has 0 fully saturated rings. The van der Waals surface area contributed by atoms with E-state index in [1.165, 1.54) is 13.2 Å². The lowest BCUT2D eigenvalue weighted by Crippen LogP contribution is -2.26. The fraction of sp³-hybridized carbons (Fsp3) is 0.222. The molecule has 7 heteroatoms. The highest BCUT2D eigenvalue weighted by atomic mass is 19.1. The first-order chi connectivity index (χ1) is 12.1. The quantitative estimate of drug-likeness (QED) is 0.868. The van der Waals surface area contributed by atoms with E-state index in [-0.39, 0.29) is 18.5 Å². The van der Waals surface area contributed by atoms with Gasteiger partial charge in [-0.15, -0.1) is 0 Å². The van der Waals surface area contributed by atoms with E-state index >= 15 is 0 Å². The van der Waals surface area contributed by atoms with Crippen LogP contribution >= 0.6 is 0 Å². The van der Waals surface area contributed by atoms with Gasteiger partial charge in [-0.3, -0.25) is 9.89 Å². The number of ether oxygens (including phenoxy) is 1. The van der Waals surface area contributed by atoms with Crippen molar-refractivity contribution in [3.05, 3.63) is 59.5 Å². The molecule has 0 atom stereocenters. The van der Waals surface area contributed by atoms with E-state index in [0.717, 1.165) is 11.1 Å². The number of amides is 1. The summed E-state index contributed by atoms with van der Waals surface area (Å²) >= 11 is 0. The Bertz CT molecular complexity index is 842. The zero-order valence-electron chi connectivity index (χ0n) is 13.6. The Kier molecular flexibility index (Phi) is 4.92. The highest BCUT2D eigenvalue weighted by Crippen LogP contribution is 2.30. The Balaban J connectivity index is 1.76. The summed E-state index contributed by atoms with van der Waals surface area (Å²) in [6.07, 6.45) is 5.18. The summed E-state index contributed by atoms with van der Waals surface area (Å²) in [5.41, 5.74) is 1.85. The topological polar surface area (TPSA) is 67.0 Å². The highest BCUT2D eigenvalue weighted by Gasteiger charge is 2.18. The van der Waals surface area contributed by atoms with Crippen LogP contribution in [0.5, 0.6) is 5.75 Å². The van der Waals surface area contributed by atoms with Crippen molar-refractivity contribution >= 4 is 5.91 Å². The second kappa shape index (κ2) is 7.29. The van der Waals surface area contributed by atoms with Crippen LogP contribution in [0.15, 0.2) is 53.9 Å². The predicted molar refractivity (Wildman–Crippen MR) is 89.5 cm³/mol. The number of rotatable bonds is 5. The molecule has 0 radical (unpaired) electrons. The maximum absolute atomic E-state index is 13.7. The molecule has 130 valence electrons. The molecular weight excluding hydrogens is 328 g/mol. The van der Waals surface area contributed by atoms with Crippen molar-refractivity contribution in [1.82, 2.24) is 15.5 Å². The molecule has 2 aromatic rings. The number of methoxy groups -OCH3 is 1. The van der Waals surface area contributed by atoms with E-state index < -0.39 is 17.6 Å². The Hall–Kier alpha value is -2.96. The van der Waals surface area contributed by atoms with Crippen molar-refractivity contribution < 1.29 is 18.3 Å². The van der Waals surface area contributed by atoms with Crippen LogP contribution in [0.2, 0.25) is 0 Å². The van der Waals surface area contributed by atoms with Gasteiger partial charge in [0.15, 0.2) is 0 Å². The maximum Gasteiger partial charge on any atom is 0.251 e. The number of carbonyl (C=O) groups is 1. The Morgan fingerprint density at radius 3 is 2.92 bits per heavy atom. The van der Waals surface area contributed by atoms with Crippen LogP contribution in [0, 0.1) is 0 Å². The second-order valence-corrected chi connectivity index (χ2v) is 5.56. The third-order valence-corrected chi connectivity index (χ3v) is 4.00. The summed E-state index contributed by atoms with van der Waals surface area (Å²) in [5, 5.41) is 9.14. The van der Waals surface area contributed by atoms with Crippen molar-refractivity contribution in [2.75, 3.05) is 13.7 Å². The largest absolute Gasteiger partial charge is 0.496 e. The fourth-order valence-corrected chi connectivity index (χ4v) is 2.65. The molecule has 1 heterocycles. The van der Waals surface area contributed by atoms with Crippen molar-refractivity contribution in [3.8, 4) is 16.9 Å². The molecule has 0 saturated heterocycles. The van der Waals surface area contributed by atoms with Crippen molar-refractivity contribution in [3.63, 3.8) is 0 Å². The molecule has 0 unspecified atom stereocenters. The van der Waals surface area contributed by atoms with Gasteiger partial charge in [0.1, 0.15) is 17.4 Å². The lowest BCUT2D eigenvalue weighted by molar-refractivity contribution is 0.0956. The molecule has 1 aliphatic carbocycles. The molecule has 3 rings (SSSR count). The molecule has 0 saturated carbocycles. The van der Waals surface area contributed by atoms with E-state index in [1.807, 2.05) is 0 Å². The van der Waals surface area contributed by atoms with Gasteiger partial charge in [0, 0.05) is 41.4 Å². The standard InChI is InChI=1S/C18H17F2N3O2/c1-25-17-7-11(5-6-13(17)12-8-22-23-9-12)18(24)21-10-14-15(19)3-2-4-16(14)20/h3,5-9H,2,4,10H2,1H3,(H,21,24)(H,22,23). The SMILES string of the molecule is COc1cc(C(=O)NCC2=C(F)CCC=C2F)ccc1-c1cn[nH]c1. The maximum atomic E-state index is 13.7. The number of aromatic amines is 1. The lowest BCUT2D eigenvalue weighted by atomic mass is 10.0. The van der Waals surface area contributed by atoms with E-state index in [2.05, 4.69) is 15.5 Å². The normalized spacial score (nSPS) is 14.3. The monoisotopic (exact) mass is 345 g/mol. The van der Waals surface area contributed by atoms with Crippen molar-refractivity contribution in [2.45, 2.75) is 12.8 Å². The summed E-state index contributed by atoms with van der Waals surface area (Å²) in [5.74, 6) is -1.07. The molecular formula is C18H17F2N3O2. The minimum Gasteiger partial charge on any atom is -0.496 e. The van der Waals surface area contributed by atoms with Crippen LogP contribution < -0.4 is 10.1 Å². The first kappa shape index (κ1) is 16.9. The van der Waals surface area contributed by atoms with Crippen molar-refractivity contribution in [2.24, 2.45) is 0 Å². The zero-order valence-corrected chi connectivity index (χ0v) is 13.6. The van der Waals surface area contributed by atoms with Gasteiger partial charge in [0.25, 0.3) is 5.91 Å². The summed E-state index contributed by atoms with van der Waals surface area (Å²) in [6, 6.07) is 4.94. The molecule has 0 aliphatic heterocycles. The number of nitrogens with one attached hydrogen (secondary N) is 2. The van der Waals surface area contributed by atoms with Gasteiger partial charge < -0.3 is 10.1 Å². The van der Waals surface area contributed by atoms with Crippen molar-refractivity contribution in [1.29, 1.82) is 0 Å². The molecule has 1 aromatic heterocycles. The number of benzene rings is 1. The second-order valence-electron chi connectivity index (χ2n) is 5.56. The predicted octanol–water partition coefficient (Wildman–Crippen LogP) is 3.69. The van der Waals surface area contributed by atoms with Gasteiger partial charge >= 0.3 is 0 Å². The number of hydrogen-bond acceptors (Lipinski definition) is 3. The van der Waals surface area contributed by atoms with E-state index in [4.69, 9.17) is 4.74 Å². The first-order valence-corrected chi connectivity index (χ1v) is 7.79. The smallest absolute Gasteiger partial charge is 0.251 e. The first-order valence-electron chi connectivity index (χ1n) is 7.79. The summed E-state index contributed by atoms with van der Waals surface area (Å²) in [6.45, 7) is -0.196. The Morgan fingerprint density at radius 2 is 2.24 bits per heavy atom. The molecule has 1 aliphatic rings. The molecule has 0 bridgehead atoms. The average molecular weight is 345 g/mol. The van der Waals surface area contributed by atoms with Crippen LogP contribution in [0.4, 0.5) is 8.78 Å². The van der Waals surface area contributed by atoms with Crippen LogP contribution in [0.25, 0.3) is 11.1 Å². The summed E-state index contributed by atoms with van der Waals surface area (Å²) in [4.78, 5) is 12.3. The minimum absolute atomic E-state index is 0.0958. The molecule has 0 spiro atoms. The van der Waals surface area contributed by atoms with Gasteiger partial charge in [-0.05, 0) is 30.7 Å². The van der Waals surface area contributed by atoms with Gasteiger partial charge in [-0.2, -0.15) is 5.10 Å². The molecule has 1 amide bonds. The summed E-state index contributed by atoms with van der Waals surface area (Å²) in [7, 11) is 1.50. The third-order valence-electron chi connectivity index (χ3n) is 4.00. The summed E-state index contributed by atoms with van der Waals surface area (Å²) < 4.78 is 32.7. The van der Waals surface area contributed by atoms with Crippen LogP contribution in [-0.2, 0) is 0 Å². The Morgan fingerprint density at radius 1 is 1.40 bits per heavy atom. The Labute approximate surface area is 143 Å². The van der Waals surface area contributed by atoms with Crippen LogP contribution in [-0.4, -0.2) is 29.8 Å². The van der Waals surface area contributed by atoms with Crippen LogP contribution in [0.1, 0.15) is 23.2 Å². The van der Waals surface area contributed by atoms with Gasteiger partial charge in [-0.1, -0.05) is 0 Å². The minimum atomic E-state index is -0.614. The van der Waals surface area contributed by atoms with Gasteiger partial charge in [-0.25, -0.2) is 8.78 Å². The zero-order chi connectivity index (χ0) is 17.8. The molecule has 5 nitrogen and oxygen atoms in total. The van der Waals surface area contributed by atoms with Crippen LogP contribution in [0.3, 0.4) is 0 Å². The number of carbonyl (C=O) groups excluding carboxylic acids is 1. The van der Waals surface area contributed by atoms with E-state index in [0.29, 0.717) is 17.7 Å². The van der Waals surface area contributed by atoms with Gasteiger partial charge in [0.2, 0.25) is 0 Å². The number of halogens is 2. The highest BCUT2D eigenvalue weighted by molar-refractivity contribution is 5.95. The lowest BCUT2D eigenvalue weighted by Gasteiger charge is -2.14. The number of aromatic nitrogens is 2. The molecule has 25 heavy (non-hydrogen) atoms.